The Balaban J connectivity index is 2.23. The number of benzene rings is 1. The summed E-state index contributed by atoms with van der Waals surface area (Å²) < 4.78 is 6.29. The third-order valence-corrected chi connectivity index (χ3v) is 4.22. The summed E-state index contributed by atoms with van der Waals surface area (Å²) in [5.74, 6) is 0.598. The van der Waals surface area contributed by atoms with Crippen LogP contribution in [0.25, 0.3) is 0 Å². The van der Waals surface area contributed by atoms with E-state index in [4.69, 9.17) is 4.74 Å². The summed E-state index contributed by atoms with van der Waals surface area (Å²) >= 11 is 3.60. The molecule has 5 heteroatoms. The zero-order valence-corrected chi connectivity index (χ0v) is 14.1. The second-order valence-electron chi connectivity index (χ2n) is 4.87. The second-order valence-corrected chi connectivity index (χ2v) is 5.73. The number of methoxy groups -OCH3 is 1. The Morgan fingerprint density at radius 1 is 1.29 bits per heavy atom. The number of ether oxygens (including phenoxy) is 1. The molecule has 0 saturated heterocycles. The van der Waals surface area contributed by atoms with E-state index in [9.17, 15) is 0 Å². The predicted molar refractivity (Wildman–Crippen MR) is 87.6 cm³/mol. The molecule has 1 atom stereocenters. The Labute approximate surface area is 134 Å². The standard InChI is InChI=1S/C16H20BrN3O/c1-4-18-15(12-6-5-11(2)14(17)7-12)8-13-9-16(21-3)20-10-19-13/h5-7,9-10,15,18H,4,8H2,1-3H3. The van der Waals surface area contributed by atoms with Gasteiger partial charge in [-0.15, -0.1) is 0 Å². The fourth-order valence-corrected chi connectivity index (χ4v) is 2.59. The first-order valence-electron chi connectivity index (χ1n) is 6.98. The molecule has 1 unspecified atom stereocenters. The SMILES string of the molecule is CCNC(Cc1cc(OC)ncn1)c1ccc(C)c(Br)c1. The molecular weight excluding hydrogens is 330 g/mol. The molecular formula is C16H20BrN3O. The summed E-state index contributed by atoms with van der Waals surface area (Å²) in [6.45, 7) is 5.10. The van der Waals surface area contributed by atoms with Gasteiger partial charge in [0.2, 0.25) is 5.88 Å². The Hall–Kier alpha value is -1.46. The molecule has 2 rings (SSSR count). The van der Waals surface area contributed by atoms with Crippen molar-refractivity contribution < 1.29 is 4.74 Å². The molecule has 0 fully saturated rings. The van der Waals surface area contributed by atoms with E-state index in [1.54, 1.807) is 13.4 Å². The summed E-state index contributed by atoms with van der Waals surface area (Å²) in [6, 6.07) is 8.55. The van der Waals surface area contributed by atoms with Crippen molar-refractivity contribution in [3.05, 3.63) is 51.9 Å². The maximum atomic E-state index is 5.16. The number of aryl methyl sites for hydroxylation is 1. The lowest BCUT2D eigenvalue weighted by Gasteiger charge is -2.19. The van der Waals surface area contributed by atoms with Gasteiger partial charge in [-0.1, -0.05) is 35.0 Å². The highest BCUT2D eigenvalue weighted by molar-refractivity contribution is 9.10. The van der Waals surface area contributed by atoms with Crippen LogP contribution in [-0.2, 0) is 6.42 Å². The summed E-state index contributed by atoms with van der Waals surface area (Å²) in [4.78, 5) is 8.38. The van der Waals surface area contributed by atoms with Crippen LogP contribution in [0.1, 0.15) is 29.8 Å². The molecule has 21 heavy (non-hydrogen) atoms. The van der Waals surface area contributed by atoms with Gasteiger partial charge in [-0.25, -0.2) is 9.97 Å². The lowest BCUT2D eigenvalue weighted by molar-refractivity contribution is 0.395. The Bertz CT molecular complexity index is 604. The minimum atomic E-state index is 0.214. The van der Waals surface area contributed by atoms with Crippen LogP contribution >= 0.6 is 15.9 Å². The highest BCUT2D eigenvalue weighted by Crippen LogP contribution is 2.24. The van der Waals surface area contributed by atoms with Crippen molar-refractivity contribution in [3.8, 4) is 5.88 Å². The van der Waals surface area contributed by atoms with E-state index in [0.717, 1.165) is 23.1 Å². The van der Waals surface area contributed by atoms with E-state index < -0.39 is 0 Å². The van der Waals surface area contributed by atoms with Crippen LogP contribution in [-0.4, -0.2) is 23.6 Å². The molecule has 1 aromatic carbocycles. The van der Waals surface area contributed by atoms with E-state index in [0.29, 0.717) is 5.88 Å². The van der Waals surface area contributed by atoms with Crippen molar-refractivity contribution in [1.29, 1.82) is 0 Å². The van der Waals surface area contributed by atoms with Gasteiger partial charge in [0, 0.05) is 28.7 Å². The van der Waals surface area contributed by atoms with Crippen LogP contribution in [0.4, 0.5) is 0 Å². The largest absolute Gasteiger partial charge is 0.481 e. The Kier molecular flexibility index (Phi) is 5.70. The van der Waals surface area contributed by atoms with Crippen molar-refractivity contribution in [1.82, 2.24) is 15.3 Å². The van der Waals surface area contributed by atoms with Gasteiger partial charge in [-0.2, -0.15) is 0 Å². The lowest BCUT2D eigenvalue weighted by atomic mass is 10.0. The molecule has 1 N–H and O–H groups in total. The number of hydrogen-bond acceptors (Lipinski definition) is 4. The number of likely N-dealkylation sites (N-methyl/N-ethyl adjacent to an activating group) is 1. The van der Waals surface area contributed by atoms with Gasteiger partial charge < -0.3 is 10.1 Å². The lowest BCUT2D eigenvalue weighted by Crippen LogP contribution is -2.23. The van der Waals surface area contributed by atoms with Crippen molar-refractivity contribution >= 4 is 15.9 Å². The molecule has 0 amide bonds. The molecule has 4 nitrogen and oxygen atoms in total. The molecule has 0 saturated carbocycles. The van der Waals surface area contributed by atoms with E-state index >= 15 is 0 Å². The van der Waals surface area contributed by atoms with Gasteiger partial charge in [-0.3, -0.25) is 0 Å². The Morgan fingerprint density at radius 3 is 2.76 bits per heavy atom. The number of hydrogen-bond donors (Lipinski definition) is 1. The molecule has 2 aromatic rings. The quantitative estimate of drug-likeness (QED) is 0.867. The summed E-state index contributed by atoms with van der Waals surface area (Å²) in [7, 11) is 1.62. The van der Waals surface area contributed by atoms with Gasteiger partial charge in [0.1, 0.15) is 6.33 Å². The van der Waals surface area contributed by atoms with Crippen LogP contribution in [0.15, 0.2) is 35.1 Å². The normalized spacial score (nSPS) is 12.2. The van der Waals surface area contributed by atoms with Crippen LogP contribution in [0.3, 0.4) is 0 Å². The summed E-state index contributed by atoms with van der Waals surface area (Å²) in [6.07, 6.45) is 2.34. The number of aromatic nitrogens is 2. The van der Waals surface area contributed by atoms with Crippen molar-refractivity contribution in [3.63, 3.8) is 0 Å². The maximum Gasteiger partial charge on any atom is 0.216 e. The third-order valence-electron chi connectivity index (χ3n) is 3.37. The minimum absolute atomic E-state index is 0.214. The average molecular weight is 350 g/mol. The number of halogens is 1. The molecule has 0 aliphatic heterocycles. The third kappa shape index (κ3) is 4.25. The van der Waals surface area contributed by atoms with E-state index in [1.807, 2.05) is 6.07 Å². The van der Waals surface area contributed by atoms with E-state index in [-0.39, 0.29) is 6.04 Å². The van der Waals surface area contributed by atoms with Crippen LogP contribution < -0.4 is 10.1 Å². The number of nitrogens with one attached hydrogen (secondary N) is 1. The molecule has 0 aliphatic carbocycles. The van der Waals surface area contributed by atoms with Crippen LogP contribution in [0.5, 0.6) is 5.88 Å². The molecule has 0 aliphatic rings. The zero-order chi connectivity index (χ0) is 15.2. The van der Waals surface area contributed by atoms with Crippen molar-refractivity contribution in [2.24, 2.45) is 0 Å². The molecule has 0 radical (unpaired) electrons. The summed E-state index contributed by atoms with van der Waals surface area (Å²) in [5, 5.41) is 3.51. The number of rotatable bonds is 6. The predicted octanol–water partition coefficient (Wildman–Crippen LogP) is 3.45. The fourth-order valence-electron chi connectivity index (χ4n) is 2.19. The molecule has 0 spiro atoms. The highest BCUT2D eigenvalue weighted by Gasteiger charge is 2.13. The van der Waals surface area contributed by atoms with Gasteiger partial charge in [0.15, 0.2) is 0 Å². The Morgan fingerprint density at radius 2 is 2.10 bits per heavy atom. The van der Waals surface area contributed by atoms with Gasteiger partial charge in [0.05, 0.1) is 7.11 Å². The zero-order valence-electron chi connectivity index (χ0n) is 12.6. The maximum absolute atomic E-state index is 5.16. The summed E-state index contributed by atoms with van der Waals surface area (Å²) in [5.41, 5.74) is 3.44. The topological polar surface area (TPSA) is 47.0 Å². The van der Waals surface area contributed by atoms with Gasteiger partial charge in [0.25, 0.3) is 0 Å². The molecule has 0 bridgehead atoms. The average Bonchev–Trinajstić information content (AvgIpc) is 2.50. The van der Waals surface area contributed by atoms with Crippen molar-refractivity contribution in [2.75, 3.05) is 13.7 Å². The minimum Gasteiger partial charge on any atom is -0.481 e. The fraction of sp³-hybridized carbons (Fsp3) is 0.375. The van der Waals surface area contributed by atoms with Crippen molar-refractivity contribution in [2.45, 2.75) is 26.3 Å². The smallest absolute Gasteiger partial charge is 0.216 e. The van der Waals surface area contributed by atoms with Crippen LogP contribution in [0, 0.1) is 6.92 Å². The molecule has 112 valence electrons. The van der Waals surface area contributed by atoms with E-state index in [1.165, 1.54) is 11.1 Å². The first-order valence-corrected chi connectivity index (χ1v) is 7.77. The number of nitrogens with zero attached hydrogens (tertiary/aromatic N) is 2. The van der Waals surface area contributed by atoms with E-state index in [2.05, 4.69) is 63.3 Å². The van der Waals surface area contributed by atoms with Gasteiger partial charge >= 0.3 is 0 Å². The molecule has 1 aromatic heterocycles. The van der Waals surface area contributed by atoms with Crippen LogP contribution in [0.2, 0.25) is 0 Å². The second kappa shape index (κ2) is 7.52. The first-order chi connectivity index (χ1) is 10.1. The highest BCUT2D eigenvalue weighted by atomic mass is 79.9. The monoisotopic (exact) mass is 349 g/mol. The first kappa shape index (κ1) is 15.9. The molecule has 1 heterocycles. The van der Waals surface area contributed by atoms with Gasteiger partial charge in [-0.05, 0) is 30.7 Å².